The molecule has 2 nitrogen and oxygen atoms in total. The summed E-state index contributed by atoms with van der Waals surface area (Å²) in [6.07, 6.45) is 2.32. The molecule has 0 amide bonds. The summed E-state index contributed by atoms with van der Waals surface area (Å²) in [5, 5.41) is 0. The first-order chi connectivity index (χ1) is 8.65. The molecular weight excluding hydrogens is 246 g/mol. The zero-order valence-electron chi connectivity index (χ0n) is 11.7. The van der Waals surface area contributed by atoms with Gasteiger partial charge in [0.1, 0.15) is 5.75 Å². The van der Waals surface area contributed by atoms with Gasteiger partial charge in [0.25, 0.3) is 0 Å². The number of benzene rings is 1. The molecule has 0 N–H and O–H groups in total. The monoisotopic (exact) mass is 269 g/mol. The number of halogens is 1. The summed E-state index contributed by atoms with van der Waals surface area (Å²) in [5.41, 5.74) is 1.32. The maximum absolute atomic E-state index is 5.74. The van der Waals surface area contributed by atoms with E-state index in [-0.39, 0.29) is 0 Å². The molecule has 1 aromatic carbocycles. The number of rotatable bonds is 8. The molecule has 0 fully saturated rings. The lowest BCUT2D eigenvalue weighted by molar-refractivity contribution is 0.296. The minimum absolute atomic E-state index is 0.709. The van der Waals surface area contributed by atoms with E-state index < -0.39 is 0 Å². The Hall–Kier alpha value is -0.730. The van der Waals surface area contributed by atoms with Crippen molar-refractivity contribution < 1.29 is 4.74 Å². The minimum atomic E-state index is 0.709. The summed E-state index contributed by atoms with van der Waals surface area (Å²) >= 11 is 5.74. The second-order valence-corrected chi connectivity index (χ2v) is 5.34. The predicted octanol–water partition coefficient (Wildman–Crippen LogP) is 3.78. The minimum Gasteiger partial charge on any atom is -0.497 e. The van der Waals surface area contributed by atoms with E-state index in [2.05, 4.69) is 31.0 Å². The first-order valence-electron chi connectivity index (χ1n) is 6.53. The lowest BCUT2D eigenvalue weighted by Gasteiger charge is -2.19. The predicted molar refractivity (Wildman–Crippen MR) is 78.4 cm³/mol. The maximum Gasteiger partial charge on any atom is 0.118 e. The van der Waals surface area contributed by atoms with Gasteiger partial charge in [-0.15, -0.1) is 11.6 Å². The molecule has 1 rings (SSSR count). The number of ether oxygens (including phenoxy) is 1. The summed E-state index contributed by atoms with van der Waals surface area (Å²) in [7, 11) is 3.86. The lowest BCUT2D eigenvalue weighted by Crippen LogP contribution is -2.20. The molecule has 0 aromatic heterocycles. The topological polar surface area (TPSA) is 12.5 Å². The zero-order valence-corrected chi connectivity index (χ0v) is 12.4. The number of hydrogen-bond acceptors (Lipinski definition) is 2. The van der Waals surface area contributed by atoms with Crippen LogP contribution in [0.1, 0.15) is 25.3 Å². The molecule has 0 spiro atoms. The van der Waals surface area contributed by atoms with Crippen LogP contribution in [0, 0.1) is 5.92 Å². The Morgan fingerprint density at radius 2 is 1.89 bits per heavy atom. The van der Waals surface area contributed by atoms with E-state index in [1.54, 1.807) is 7.11 Å². The standard InChI is InChI=1S/C15H24ClNO/c1-13(8-10-16)9-11-17(2)12-14-4-6-15(18-3)7-5-14/h4-7,13H,8-12H2,1-3H3. The van der Waals surface area contributed by atoms with Crippen molar-refractivity contribution in [2.24, 2.45) is 5.92 Å². The van der Waals surface area contributed by atoms with Crippen molar-refractivity contribution in [3.05, 3.63) is 29.8 Å². The van der Waals surface area contributed by atoms with Crippen LogP contribution in [0.2, 0.25) is 0 Å². The van der Waals surface area contributed by atoms with Crippen molar-refractivity contribution in [2.75, 3.05) is 26.6 Å². The molecule has 1 atom stereocenters. The second-order valence-electron chi connectivity index (χ2n) is 4.96. The van der Waals surface area contributed by atoms with Gasteiger partial charge in [0, 0.05) is 12.4 Å². The highest BCUT2D eigenvalue weighted by atomic mass is 35.5. The summed E-state index contributed by atoms with van der Waals surface area (Å²) in [5.74, 6) is 2.39. The highest BCUT2D eigenvalue weighted by molar-refractivity contribution is 6.17. The van der Waals surface area contributed by atoms with E-state index in [1.807, 2.05) is 12.1 Å². The Kier molecular flexibility index (Phi) is 7.14. The molecule has 0 saturated carbocycles. The van der Waals surface area contributed by atoms with Crippen LogP contribution in [0.3, 0.4) is 0 Å². The van der Waals surface area contributed by atoms with Crippen molar-refractivity contribution >= 4 is 11.6 Å². The fourth-order valence-electron chi connectivity index (χ4n) is 1.89. The smallest absolute Gasteiger partial charge is 0.118 e. The largest absolute Gasteiger partial charge is 0.497 e. The van der Waals surface area contributed by atoms with Crippen molar-refractivity contribution in [1.29, 1.82) is 0 Å². The Labute approximate surface area is 116 Å². The van der Waals surface area contributed by atoms with Gasteiger partial charge in [0.05, 0.1) is 7.11 Å². The van der Waals surface area contributed by atoms with Gasteiger partial charge in [-0.05, 0) is 50.0 Å². The number of methoxy groups -OCH3 is 1. The Morgan fingerprint density at radius 3 is 2.44 bits per heavy atom. The third-order valence-corrected chi connectivity index (χ3v) is 3.44. The number of hydrogen-bond donors (Lipinski definition) is 0. The van der Waals surface area contributed by atoms with E-state index in [9.17, 15) is 0 Å². The quantitative estimate of drug-likeness (QED) is 0.666. The highest BCUT2D eigenvalue weighted by Crippen LogP contribution is 2.14. The van der Waals surface area contributed by atoms with Crippen LogP contribution < -0.4 is 4.74 Å². The molecule has 1 unspecified atom stereocenters. The summed E-state index contributed by atoms with van der Waals surface area (Å²) in [6, 6.07) is 8.27. The molecule has 0 aliphatic carbocycles. The van der Waals surface area contributed by atoms with Crippen LogP contribution in [-0.4, -0.2) is 31.5 Å². The molecule has 3 heteroatoms. The first kappa shape index (κ1) is 15.3. The second kappa shape index (κ2) is 8.39. The van der Waals surface area contributed by atoms with Gasteiger partial charge in [-0.2, -0.15) is 0 Å². The Balaban J connectivity index is 2.32. The molecule has 0 aliphatic heterocycles. The van der Waals surface area contributed by atoms with Gasteiger partial charge in [-0.25, -0.2) is 0 Å². The van der Waals surface area contributed by atoms with Crippen LogP contribution in [0.5, 0.6) is 5.75 Å². The zero-order chi connectivity index (χ0) is 13.4. The Morgan fingerprint density at radius 1 is 1.22 bits per heavy atom. The van der Waals surface area contributed by atoms with Crippen molar-refractivity contribution in [3.63, 3.8) is 0 Å². The van der Waals surface area contributed by atoms with Crippen molar-refractivity contribution in [2.45, 2.75) is 26.3 Å². The molecule has 18 heavy (non-hydrogen) atoms. The van der Waals surface area contributed by atoms with Gasteiger partial charge in [0.15, 0.2) is 0 Å². The molecule has 0 heterocycles. The van der Waals surface area contributed by atoms with Gasteiger partial charge < -0.3 is 9.64 Å². The van der Waals surface area contributed by atoms with Crippen LogP contribution in [0.15, 0.2) is 24.3 Å². The molecule has 0 radical (unpaired) electrons. The highest BCUT2D eigenvalue weighted by Gasteiger charge is 2.05. The van der Waals surface area contributed by atoms with Gasteiger partial charge in [0.2, 0.25) is 0 Å². The molecule has 0 bridgehead atoms. The van der Waals surface area contributed by atoms with E-state index >= 15 is 0 Å². The van der Waals surface area contributed by atoms with Crippen LogP contribution in [0.4, 0.5) is 0 Å². The van der Waals surface area contributed by atoms with E-state index in [0.29, 0.717) is 5.92 Å². The Bertz CT molecular complexity index is 326. The molecule has 102 valence electrons. The third kappa shape index (κ3) is 5.74. The summed E-state index contributed by atoms with van der Waals surface area (Å²) < 4.78 is 5.15. The van der Waals surface area contributed by atoms with Gasteiger partial charge >= 0.3 is 0 Å². The summed E-state index contributed by atoms with van der Waals surface area (Å²) in [6.45, 7) is 4.37. The van der Waals surface area contributed by atoms with Crippen LogP contribution in [0.25, 0.3) is 0 Å². The summed E-state index contributed by atoms with van der Waals surface area (Å²) in [4.78, 5) is 2.35. The fraction of sp³-hybridized carbons (Fsp3) is 0.600. The van der Waals surface area contributed by atoms with Crippen LogP contribution >= 0.6 is 11.6 Å². The van der Waals surface area contributed by atoms with Gasteiger partial charge in [-0.3, -0.25) is 0 Å². The number of alkyl halides is 1. The normalized spacial score (nSPS) is 12.7. The fourth-order valence-corrected chi connectivity index (χ4v) is 2.27. The lowest BCUT2D eigenvalue weighted by atomic mass is 10.0. The van der Waals surface area contributed by atoms with E-state index in [0.717, 1.165) is 31.1 Å². The van der Waals surface area contributed by atoms with E-state index in [1.165, 1.54) is 12.0 Å². The molecular formula is C15H24ClNO. The van der Waals surface area contributed by atoms with E-state index in [4.69, 9.17) is 16.3 Å². The molecule has 1 aromatic rings. The van der Waals surface area contributed by atoms with Crippen LogP contribution in [-0.2, 0) is 6.54 Å². The first-order valence-corrected chi connectivity index (χ1v) is 7.06. The van der Waals surface area contributed by atoms with Crippen molar-refractivity contribution in [1.82, 2.24) is 4.90 Å². The average Bonchev–Trinajstić information content (AvgIpc) is 2.38. The van der Waals surface area contributed by atoms with Crippen molar-refractivity contribution in [3.8, 4) is 5.75 Å². The maximum atomic E-state index is 5.74. The molecule has 0 saturated heterocycles. The van der Waals surface area contributed by atoms with Gasteiger partial charge in [-0.1, -0.05) is 19.1 Å². The average molecular weight is 270 g/mol. The number of nitrogens with zero attached hydrogens (tertiary/aromatic N) is 1. The molecule has 0 aliphatic rings. The SMILES string of the molecule is COc1ccc(CN(C)CCC(C)CCCl)cc1. The third-order valence-electron chi connectivity index (χ3n) is 3.22.